The number of aromatic nitrogens is 2. The Morgan fingerprint density at radius 3 is 2.63 bits per heavy atom. The highest BCUT2D eigenvalue weighted by atomic mass is 35.5. The normalized spacial score (nSPS) is 10.7. The van der Waals surface area contributed by atoms with E-state index in [1.165, 1.54) is 23.1 Å². The van der Waals surface area contributed by atoms with Crippen LogP contribution in [-0.2, 0) is 4.79 Å². The highest BCUT2D eigenvalue weighted by Gasteiger charge is 2.14. The first-order valence-electron chi connectivity index (χ1n) is 8.89. The number of nitrogens with one attached hydrogen (secondary N) is 2. The molecule has 4 aromatic rings. The van der Waals surface area contributed by atoms with Crippen LogP contribution in [0.2, 0.25) is 5.02 Å². The average Bonchev–Trinajstić information content (AvgIpc) is 3.19. The molecule has 2 N–H and O–H groups in total. The fraction of sp³-hybridized carbons (Fsp3) is 0.0476. The molecular weight excluding hydrogens is 440 g/mol. The summed E-state index contributed by atoms with van der Waals surface area (Å²) in [7, 11) is 0. The summed E-state index contributed by atoms with van der Waals surface area (Å²) in [5.74, 6) is -0.268. The second kappa shape index (κ2) is 9.25. The molecule has 30 heavy (non-hydrogen) atoms. The Kier molecular flexibility index (Phi) is 6.27. The standard InChI is InChI=1S/C21H15ClN4O2S2/c22-14-7-4-8-15(11-14)23-18(27)12-29-21-26-25-20(30-21)24-19(28)17-10-3-6-13-5-1-2-9-16(13)17/h1-11H,12H2,(H,23,27)(H,24,25,28). The first kappa shape index (κ1) is 20.3. The highest BCUT2D eigenvalue weighted by molar-refractivity contribution is 8.01. The quantitative estimate of drug-likeness (QED) is 0.304. The molecular formula is C21H15ClN4O2S2. The number of hydrogen-bond acceptors (Lipinski definition) is 6. The maximum atomic E-state index is 12.7. The lowest BCUT2D eigenvalue weighted by Gasteiger charge is -2.05. The van der Waals surface area contributed by atoms with Crippen molar-refractivity contribution in [1.29, 1.82) is 0 Å². The van der Waals surface area contributed by atoms with Gasteiger partial charge in [-0.3, -0.25) is 14.9 Å². The summed E-state index contributed by atoms with van der Waals surface area (Å²) >= 11 is 8.38. The van der Waals surface area contributed by atoms with Gasteiger partial charge < -0.3 is 5.32 Å². The van der Waals surface area contributed by atoms with Crippen molar-refractivity contribution in [3.05, 3.63) is 77.3 Å². The predicted octanol–water partition coefficient (Wildman–Crippen LogP) is 5.33. The van der Waals surface area contributed by atoms with Crippen molar-refractivity contribution < 1.29 is 9.59 Å². The third-order valence-electron chi connectivity index (χ3n) is 4.10. The zero-order valence-electron chi connectivity index (χ0n) is 15.5. The molecule has 4 rings (SSSR count). The van der Waals surface area contributed by atoms with E-state index in [-0.39, 0.29) is 17.6 Å². The molecule has 1 heterocycles. The van der Waals surface area contributed by atoms with Gasteiger partial charge >= 0.3 is 0 Å². The topological polar surface area (TPSA) is 84.0 Å². The van der Waals surface area contributed by atoms with Crippen molar-refractivity contribution in [2.24, 2.45) is 0 Å². The van der Waals surface area contributed by atoms with E-state index in [1.807, 2.05) is 36.4 Å². The van der Waals surface area contributed by atoms with E-state index in [4.69, 9.17) is 11.6 Å². The summed E-state index contributed by atoms with van der Waals surface area (Å²) in [6.45, 7) is 0. The maximum absolute atomic E-state index is 12.7. The Morgan fingerprint density at radius 1 is 0.967 bits per heavy atom. The molecule has 0 bridgehead atoms. The summed E-state index contributed by atoms with van der Waals surface area (Å²) in [6.07, 6.45) is 0. The highest BCUT2D eigenvalue weighted by Crippen LogP contribution is 2.27. The molecule has 6 nitrogen and oxygen atoms in total. The average molecular weight is 455 g/mol. The predicted molar refractivity (Wildman–Crippen MR) is 123 cm³/mol. The molecule has 150 valence electrons. The molecule has 0 saturated carbocycles. The van der Waals surface area contributed by atoms with Crippen molar-refractivity contribution in [2.75, 3.05) is 16.4 Å². The van der Waals surface area contributed by atoms with E-state index in [1.54, 1.807) is 30.3 Å². The van der Waals surface area contributed by atoms with Crippen molar-refractivity contribution in [1.82, 2.24) is 10.2 Å². The van der Waals surface area contributed by atoms with Crippen molar-refractivity contribution in [3.8, 4) is 0 Å². The lowest BCUT2D eigenvalue weighted by atomic mass is 10.0. The van der Waals surface area contributed by atoms with E-state index in [0.29, 0.717) is 25.7 Å². The van der Waals surface area contributed by atoms with E-state index < -0.39 is 0 Å². The number of thioether (sulfide) groups is 1. The summed E-state index contributed by atoms with van der Waals surface area (Å²) in [5.41, 5.74) is 1.20. The van der Waals surface area contributed by atoms with Crippen LogP contribution in [0.1, 0.15) is 10.4 Å². The molecule has 0 aliphatic carbocycles. The van der Waals surface area contributed by atoms with Crippen LogP contribution in [0.25, 0.3) is 10.8 Å². The van der Waals surface area contributed by atoms with Crippen molar-refractivity contribution in [3.63, 3.8) is 0 Å². The van der Waals surface area contributed by atoms with Crippen LogP contribution in [0, 0.1) is 0 Å². The third-order valence-corrected chi connectivity index (χ3v) is 6.30. The van der Waals surface area contributed by atoms with Gasteiger partial charge in [-0.2, -0.15) is 0 Å². The van der Waals surface area contributed by atoms with Gasteiger partial charge in [0.15, 0.2) is 4.34 Å². The van der Waals surface area contributed by atoms with Gasteiger partial charge in [0.05, 0.1) is 5.75 Å². The zero-order valence-corrected chi connectivity index (χ0v) is 17.9. The van der Waals surface area contributed by atoms with Crippen molar-refractivity contribution >= 4 is 68.1 Å². The largest absolute Gasteiger partial charge is 0.325 e. The van der Waals surface area contributed by atoms with Gasteiger partial charge in [-0.25, -0.2) is 0 Å². The maximum Gasteiger partial charge on any atom is 0.258 e. The summed E-state index contributed by atoms with van der Waals surface area (Å²) in [4.78, 5) is 24.8. The smallest absolute Gasteiger partial charge is 0.258 e. The minimum Gasteiger partial charge on any atom is -0.325 e. The van der Waals surface area contributed by atoms with E-state index in [9.17, 15) is 9.59 Å². The number of carbonyl (C=O) groups excluding carboxylic acids is 2. The van der Waals surface area contributed by atoms with E-state index >= 15 is 0 Å². The van der Waals surface area contributed by atoms with E-state index in [2.05, 4.69) is 20.8 Å². The Morgan fingerprint density at radius 2 is 1.77 bits per heavy atom. The minimum atomic E-state index is -0.252. The molecule has 0 atom stereocenters. The fourth-order valence-electron chi connectivity index (χ4n) is 2.80. The second-order valence-electron chi connectivity index (χ2n) is 6.20. The number of amides is 2. The summed E-state index contributed by atoms with van der Waals surface area (Å²) in [5, 5.41) is 16.4. The van der Waals surface area contributed by atoms with E-state index in [0.717, 1.165) is 10.8 Å². The number of fused-ring (bicyclic) bond motifs is 1. The molecule has 3 aromatic carbocycles. The lowest BCUT2D eigenvalue weighted by molar-refractivity contribution is -0.113. The molecule has 0 saturated heterocycles. The first-order valence-corrected chi connectivity index (χ1v) is 11.1. The molecule has 0 aliphatic rings. The van der Waals surface area contributed by atoms with Gasteiger partial charge in [0, 0.05) is 16.3 Å². The Labute approximate surface area is 185 Å². The van der Waals surface area contributed by atoms with Crippen LogP contribution in [0.3, 0.4) is 0 Å². The fourth-order valence-corrected chi connectivity index (χ4v) is 4.53. The van der Waals surface area contributed by atoms with Crippen LogP contribution >= 0.6 is 34.7 Å². The number of carbonyl (C=O) groups is 2. The first-order chi connectivity index (χ1) is 14.6. The van der Waals surface area contributed by atoms with Gasteiger partial charge in [0.25, 0.3) is 5.91 Å². The minimum absolute atomic E-state index is 0.165. The van der Waals surface area contributed by atoms with Crippen LogP contribution in [0.5, 0.6) is 0 Å². The Hall–Kier alpha value is -2.94. The molecule has 0 unspecified atom stereocenters. The molecule has 2 amide bonds. The zero-order chi connectivity index (χ0) is 20.9. The van der Waals surface area contributed by atoms with Crippen LogP contribution in [0.4, 0.5) is 10.8 Å². The van der Waals surface area contributed by atoms with Crippen LogP contribution < -0.4 is 10.6 Å². The molecule has 0 fully saturated rings. The number of nitrogens with zero attached hydrogens (tertiary/aromatic N) is 2. The molecule has 0 aliphatic heterocycles. The van der Waals surface area contributed by atoms with Gasteiger partial charge in [0.2, 0.25) is 11.0 Å². The summed E-state index contributed by atoms with van der Waals surface area (Å²) < 4.78 is 0.587. The Balaban J connectivity index is 1.36. The monoisotopic (exact) mass is 454 g/mol. The van der Waals surface area contributed by atoms with Gasteiger partial charge in [0.1, 0.15) is 0 Å². The molecule has 0 radical (unpaired) electrons. The number of benzene rings is 3. The third kappa shape index (κ3) is 4.96. The van der Waals surface area contributed by atoms with Crippen LogP contribution in [-0.4, -0.2) is 27.8 Å². The van der Waals surface area contributed by atoms with Gasteiger partial charge in [-0.05, 0) is 35.0 Å². The number of hydrogen-bond donors (Lipinski definition) is 2. The number of rotatable bonds is 6. The summed E-state index contributed by atoms with van der Waals surface area (Å²) in [6, 6.07) is 20.2. The molecule has 9 heteroatoms. The van der Waals surface area contributed by atoms with Crippen molar-refractivity contribution in [2.45, 2.75) is 4.34 Å². The molecule has 1 aromatic heterocycles. The number of halogens is 1. The lowest BCUT2D eigenvalue weighted by Crippen LogP contribution is -2.13. The van der Waals surface area contributed by atoms with Gasteiger partial charge in [-0.1, -0.05) is 77.2 Å². The Bertz CT molecular complexity index is 1220. The van der Waals surface area contributed by atoms with Crippen LogP contribution in [0.15, 0.2) is 71.1 Å². The number of anilines is 2. The SMILES string of the molecule is O=C(CSc1nnc(NC(=O)c2cccc3ccccc23)s1)Nc1cccc(Cl)c1. The van der Waals surface area contributed by atoms with Gasteiger partial charge in [-0.15, -0.1) is 10.2 Å². The molecule has 0 spiro atoms. The second-order valence-corrected chi connectivity index (χ2v) is 8.84.